The van der Waals surface area contributed by atoms with Gasteiger partial charge < -0.3 is 16.2 Å². The first-order valence-electron chi connectivity index (χ1n) is 13.1. The number of nitrogen functional groups attached to an aromatic ring is 1. The van der Waals surface area contributed by atoms with Crippen molar-refractivity contribution in [2.45, 2.75) is 38.1 Å². The summed E-state index contributed by atoms with van der Waals surface area (Å²) in [5, 5.41) is 11.9. The van der Waals surface area contributed by atoms with E-state index in [0.717, 1.165) is 0 Å². The number of aromatic nitrogens is 1. The first kappa shape index (κ1) is 11.3. The number of nitrogens with zero attached hydrogens (tertiary/aromatic N) is 1. The summed E-state index contributed by atoms with van der Waals surface area (Å²) in [6.07, 6.45) is -5.76. The van der Waals surface area contributed by atoms with Crippen molar-refractivity contribution in [1.29, 1.82) is 0 Å². The molecule has 0 radical (unpaired) electrons. The molecular formula is C22H25N3O2S. The minimum Gasteiger partial charge on any atom is -0.388 e. The molecule has 2 aromatic carbocycles. The van der Waals surface area contributed by atoms with Gasteiger partial charge in [-0.05, 0) is 42.4 Å². The van der Waals surface area contributed by atoms with Crippen molar-refractivity contribution < 1.29 is 22.2 Å². The van der Waals surface area contributed by atoms with Gasteiger partial charge >= 0.3 is 0 Å². The second-order valence-corrected chi connectivity index (χ2v) is 6.65. The van der Waals surface area contributed by atoms with E-state index in [9.17, 15) is 9.90 Å². The number of amides is 1. The minimum atomic E-state index is -2.86. The lowest BCUT2D eigenvalue weighted by molar-refractivity contribution is -0.115. The highest BCUT2D eigenvalue weighted by Crippen LogP contribution is 2.20. The van der Waals surface area contributed by atoms with E-state index in [0.29, 0.717) is 16.9 Å². The molecule has 3 rings (SSSR count). The Morgan fingerprint density at radius 2 is 2.00 bits per heavy atom. The number of hydrogen-bond donors (Lipinski definition) is 3. The Kier molecular flexibility index (Phi) is 4.05. The molecule has 1 aromatic heterocycles. The van der Waals surface area contributed by atoms with Crippen LogP contribution >= 0.6 is 11.3 Å². The number of anilines is 2. The van der Waals surface area contributed by atoms with Gasteiger partial charge in [0.2, 0.25) is 5.91 Å². The van der Waals surface area contributed by atoms with Crippen LogP contribution < -0.4 is 11.1 Å². The van der Waals surface area contributed by atoms with E-state index in [2.05, 4.69) is 4.98 Å². The first-order valence-corrected chi connectivity index (χ1v) is 9.38. The van der Waals surface area contributed by atoms with E-state index >= 15 is 0 Å². The van der Waals surface area contributed by atoms with Gasteiger partial charge in [-0.3, -0.25) is 4.79 Å². The fraction of sp³-hybridized carbons (Fsp3) is 0.273. The number of benzene rings is 2. The van der Waals surface area contributed by atoms with Crippen LogP contribution in [0.5, 0.6) is 0 Å². The molecule has 1 heterocycles. The summed E-state index contributed by atoms with van der Waals surface area (Å²) < 4.78 is 73.9. The number of nitrogens with two attached hydrogens (primary N) is 1. The van der Waals surface area contributed by atoms with Crippen LogP contribution in [0.3, 0.4) is 0 Å². The van der Waals surface area contributed by atoms with Gasteiger partial charge in [0.25, 0.3) is 0 Å². The van der Waals surface area contributed by atoms with Gasteiger partial charge in [-0.25, -0.2) is 4.98 Å². The van der Waals surface area contributed by atoms with Gasteiger partial charge in [0, 0.05) is 16.5 Å². The van der Waals surface area contributed by atoms with Gasteiger partial charge in [0.05, 0.1) is 25.0 Å². The van der Waals surface area contributed by atoms with Gasteiger partial charge in [0.15, 0.2) is 5.13 Å². The third kappa shape index (κ3) is 6.18. The van der Waals surface area contributed by atoms with Gasteiger partial charge in [0.1, 0.15) is 0 Å². The normalized spacial score (nSPS) is 17.5. The summed E-state index contributed by atoms with van der Waals surface area (Å²) in [6.45, 7) is 0. The molecule has 28 heavy (non-hydrogen) atoms. The van der Waals surface area contributed by atoms with Crippen molar-refractivity contribution in [3.05, 3.63) is 76.7 Å². The van der Waals surface area contributed by atoms with E-state index in [1.807, 2.05) is 5.32 Å². The molecule has 0 aliphatic heterocycles. The number of aliphatic hydroxyl groups excluding tert-OH is 1. The summed E-state index contributed by atoms with van der Waals surface area (Å²) >= 11 is 0.664. The van der Waals surface area contributed by atoms with Crippen molar-refractivity contribution in [2.24, 2.45) is 0 Å². The van der Waals surface area contributed by atoms with Crippen LogP contribution in [0.2, 0.25) is 0 Å². The predicted octanol–water partition coefficient (Wildman–Crippen LogP) is 4.35. The standard InChI is InChI=1S/C22H25N3O2S/c23-22-25-19(15-28-22)14-21(27)24-18-12-10-16(11-13-18)6-4-5-9-20(26)17-7-2-1-3-8-17/h1-3,7-8,10-13,15,20,26H,4-6,9,14H2,(H2,23,25)(H,24,27)/t20-/m0/s1/i6D2,10D,11D,12D,13D,14D2,15D. The molecular weight excluding hydrogens is 370 g/mol. The predicted molar refractivity (Wildman–Crippen MR) is 114 cm³/mol. The van der Waals surface area contributed by atoms with Gasteiger partial charge in [-0.1, -0.05) is 48.8 Å². The number of rotatable bonds is 9. The zero-order valence-corrected chi connectivity index (χ0v) is 15.7. The lowest BCUT2D eigenvalue weighted by Crippen LogP contribution is -2.14. The molecule has 3 aromatic rings. The smallest absolute Gasteiger partial charge is 0.230 e. The second kappa shape index (κ2) is 10.0. The summed E-state index contributed by atoms with van der Waals surface area (Å²) in [7, 11) is 0. The molecule has 0 aliphatic rings. The summed E-state index contributed by atoms with van der Waals surface area (Å²) in [4.78, 5) is 16.4. The Bertz CT molecular complexity index is 1270. The van der Waals surface area contributed by atoms with Crippen molar-refractivity contribution in [3.8, 4) is 0 Å². The van der Waals surface area contributed by atoms with Crippen LogP contribution in [0.1, 0.15) is 54.5 Å². The largest absolute Gasteiger partial charge is 0.388 e. The van der Waals surface area contributed by atoms with Gasteiger partial charge in [-0.15, -0.1) is 11.3 Å². The van der Waals surface area contributed by atoms with E-state index < -0.39 is 65.9 Å². The summed E-state index contributed by atoms with van der Waals surface area (Å²) in [5.74, 6) is -1.38. The highest BCUT2D eigenvalue weighted by Gasteiger charge is 2.08. The lowest BCUT2D eigenvalue weighted by atomic mass is 10.0. The Morgan fingerprint density at radius 3 is 2.68 bits per heavy atom. The van der Waals surface area contributed by atoms with Crippen LogP contribution in [0.4, 0.5) is 10.8 Å². The molecule has 1 atom stereocenters. The molecule has 6 heteroatoms. The van der Waals surface area contributed by atoms with Crippen molar-refractivity contribution >= 4 is 28.1 Å². The molecule has 0 spiro atoms. The van der Waals surface area contributed by atoms with Crippen LogP contribution in [0, 0.1) is 0 Å². The number of thiazole rings is 1. The molecule has 0 unspecified atom stereocenters. The molecule has 0 aliphatic carbocycles. The third-order valence-electron chi connectivity index (χ3n) is 3.71. The quantitative estimate of drug-likeness (QED) is 0.495. The Hall–Kier alpha value is -2.70. The average molecular weight is 405 g/mol. The summed E-state index contributed by atoms with van der Waals surface area (Å²) in [5.41, 5.74) is 4.48. The van der Waals surface area contributed by atoms with E-state index in [1.54, 1.807) is 30.3 Å². The molecule has 146 valence electrons. The Labute approximate surface area is 181 Å². The van der Waals surface area contributed by atoms with E-state index in [4.69, 9.17) is 18.1 Å². The third-order valence-corrected chi connectivity index (χ3v) is 4.31. The van der Waals surface area contributed by atoms with Crippen molar-refractivity contribution in [3.63, 3.8) is 0 Å². The monoisotopic (exact) mass is 404 g/mol. The number of carbonyl (C=O) groups excluding carboxylic acids is 1. The molecule has 5 nitrogen and oxygen atoms in total. The SMILES string of the molecule is [2H]c1sc(N)nc1C([2H])([2H])C(=O)Nc1c([2H])c([2H])c(C([2H])([2H])CCC[C@H](O)c2ccccc2)c([2H])c1[2H]. The fourth-order valence-corrected chi connectivity index (χ4v) is 2.81. The highest BCUT2D eigenvalue weighted by atomic mass is 32.1. The van der Waals surface area contributed by atoms with Crippen LogP contribution in [-0.4, -0.2) is 16.0 Å². The maximum Gasteiger partial charge on any atom is 0.230 e. The Morgan fingerprint density at radius 1 is 1.25 bits per heavy atom. The van der Waals surface area contributed by atoms with E-state index in [1.165, 1.54) is 0 Å². The minimum absolute atomic E-state index is 0.121. The lowest BCUT2D eigenvalue weighted by Gasteiger charge is -2.10. The number of carbonyl (C=O) groups is 1. The topological polar surface area (TPSA) is 88.2 Å². The zero-order chi connectivity index (χ0) is 27.7. The molecule has 1 amide bonds. The number of aliphatic hydroxyl groups is 1. The molecule has 0 saturated carbocycles. The Balaban J connectivity index is 1.84. The van der Waals surface area contributed by atoms with Crippen molar-refractivity contribution in [2.75, 3.05) is 11.1 Å². The maximum atomic E-state index is 12.7. The van der Waals surface area contributed by atoms with Crippen LogP contribution in [-0.2, 0) is 17.5 Å². The number of nitrogens with one attached hydrogen (secondary N) is 1. The molecule has 0 bridgehead atoms. The summed E-state index contributed by atoms with van der Waals surface area (Å²) in [6, 6.07) is 5.89. The average Bonchev–Trinajstić information content (AvgIpc) is 3.19. The van der Waals surface area contributed by atoms with Crippen LogP contribution in [0.15, 0.2) is 59.9 Å². The second-order valence-electron chi connectivity index (χ2n) is 5.83. The van der Waals surface area contributed by atoms with E-state index in [-0.39, 0.29) is 29.8 Å². The first-order chi connectivity index (χ1) is 17.2. The van der Waals surface area contributed by atoms with Gasteiger partial charge in [-0.2, -0.15) is 0 Å². The zero-order valence-electron chi connectivity index (χ0n) is 23.9. The van der Waals surface area contributed by atoms with Crippen molar-refractivity contribution in [1.82, 2.24) is 4.98 Å². The highest BCUT2D eigenvalue weighted by molar-refractivity contribution is 7.13. The molecule has 0 fully saturated rings. The fourth-order valence-electron chi connectivity index (χ4n) is 2.38. The van der Waals surface area contributed by atoms with Crippen LogP contribution in [0.25, 0.3) is 0 Å². The molecule has 4 N–H and O–H groups in total. The number of hydrogen-bond acceptors (Lipinski definition) is 5. The molecule has 0 saturated heterocycles. The maximum absolute atomic E-state index is 12.7.